The molecule has 0 aromatic rings. The molecule has 0 aliphatic heterocycles. The molecular formula is C13H25NO3. The van der Waals surface area contributed by atoms with E-state index in [0.717, 1.165) is 19.3 Å². The van der Waals surface area contributed by atoms with Crippen LogP contribution in [0, 0.1) is 10.1 Å². The molecule has 4 nitrogen and oxygen atoms in total. The lowest BCUT2D eigenvalue weighted by atomic mass is 10.1. The van der Waals surface area contributed by atoms with Crippen LogP contribution >= 0.6 is 0 Å². The van der Waals surface area contributed by atoms with E-state index in [1.807, 2.05) is 0 Å². The first-order chi connectivity index (χ1) is 8.16. The van der Waals surface area contributed by atoms with Gasteiger partial charge in [0.1, 0.15) is 0 Å². The summed E-state index contributed by atoms with van der Waals surface area (Å²) in [5.74, 6) is -0.238. The zero-order valence-corrected chi connectivity index (χ0v) is 11.0. The van der Waals surface area contributed by atoms with Crippen LogP contribution in [0.2, 0.25) is 0 Å². The van der Waals surface area contributed by atoms with Gasteiger partial charge in [-0.15, -0.1) is 0 Å². The van der Waals surface area contributed by atoms with Crippen LogP contribution in [0.5, 0.6) is 0 Å². The van der Waals surface area contributed by atoms with Gasteiger partial charge in [0.2, 0.25) is 5.78 Å². The Bertz CT molecular complexity index is 217. The van der Waals surface area contributed by atoms with Gasteiger partial charge in [-0.1, -0.05) is 58.3 Å². The molecule has 100 valence electrons. The van der Waals surface area contributed by atoms with Gasteiger partial charge in [-0.05, 0) is 6.42 Å². The zero-order valence-electron chi connectivity index (χ0n) is 11.0. The third kappa shape index (κ3) is 13.0. The maximum atomic E-state index is 11.0. The molecule has 0 atom stereocenters. The second kappa shape index (κ2) is 11.6. The number of nitrogens with zero attached hydrogens (tertiary/aromatic N) is 1. The molecular weight excluding hydrogens is 218 g/mol. The van der Waals surface area contributed by atoms with Crippen molar-refractivity contribution in [2.75, 3.05) is 6.54 Å². The van der Waals surface area contributed by atoms with Crippen molar-refractivity contribution in [3.63, 3.8) is 0 Å². The van der Waals surface area contributed by atoms with E-state index in [9.17, 15) is 14.9 Å². The maximum absolute atomic E-state index is 11.0. The van der Waals surface area contributed by atoms with Gasteiger partial charge in [0, 0.05) is 11.3 Å². The number of hydrogen-bond acceptors (Lipinski definition) is 3. The highest BCUT2D eigenvalue weighted by molar-refractivity contribution is 5.79. The number of unbranched alkanes of at least 4 members (excludes halogenated alkanes) is 8. The van der Waals surface area contributed by atoms with E-state index < -0.39 is 11.5 Å². The minimum Gasteiger partial charge on any atom is -0.292 e. The Morgan fingerprint density at radius 2 is 1.41 bits per heavy atom. The number of Topliss-reactive ketones (excluding diaryl/α,β-unsaturated/α-hetero) is 1. The van der Waals surface area contributed by atoms with Crippen molar-refractivity contribution < 1.29 is 9.72 Å². The van der Waals surface area contributed by atoms with Gasteiger partial charge in [0.15, 0.2) is 0 Å². The fraction of sp³-hybridized carbons (Fsp3) is 0.923. The second-order valence-electron chi connectivity index (χ2n) is 4.61. The summed E-state index contributed by atoms with van der Waals surface area (Å²) in [6.45, 7) is 1.71. The summed E-state index contributed by atoms with van der Waals surface area (Å²) in [7, 11) is 0. The number of nitro groups is 1. The molecule has 0 aromatic carbocycles. The highest BCUT2D eigenvalue weighted by atomic mass is 16.6. The molecule has 0 aromatic heterocycles. The van der Waals surface area contributed by atoms with Gasteiger partial charge in [-0.3, -0.25) is 14.9 Å². The summed E-state index contributed by atoms with van der Waals surface area (Å²) in [6.07, 6.45) is 11.1. The van der Waals surface area contributed by atoms with E-state index in [0.29, 0.717) is 6.42 Å². The summed E-state index contributed by atoms with van der Waals surface area (Å²) >= 11 is 0. The summed E-state index contributed by atoms with van der Waals surface area (Å²) < 4.78 is 0. The quantitative estimate of drug-likeness (QED) is 0.298. The number of carbonyl (C=O) groups excluding carboxylic acids is 1. The lowest BCUT2D eigenvalue weighted by Gasteiger charge is -2.01. The molecule has 0 saturated heterocycles. The monoisotopic (exact) mass is 243 g/mol. The molecule has 0 amide bonds. The van der Waals surface area contributed by atoms with Crippen molar-refractivity contribution in [2.24, 2.45) is 0 Å². The highest BCUT2D eigenvalue weighted by Gasteiger charge is 2.08. The topological polar surface area (TPSA) is 60.2 Å². The van der Waals surface area contributed by atoms with Gasteiger partial charge >= 0.3 is 0 Å². The Labute approximate surface area is 104 Å². The van der Waals surface area contributed by atoms with Crippen LogP contribution in [0.1, 0.15) is 71.1 Å². The predicted octanol–water partition coefficient (Wildman–Crippen LogP) is 3.75. The molecule has 0 unspecified atom stereocenters. The van der Waals surface area contributed by atoms with E-state index in [1.165, 1.54) is 38.5 Å². The van der Waals surface area contributed by atoms with E-state index in [1.54, 1.807) is 0 Å². The number of rotatable bonds is 12. The van der Waals surface area contributed by atoms with Crippen molar-refractivity contribution >= 4 is 5.78 Å². The van der Waals surface area contributed by atoms with Crippen LogP contribution in [0.15, 0.2) is 0 Å². The summed E-state index contributed by atoms with van der Waals surface area (Å²) in [4.78, 5) is 20.5. The van der Waals surface area contributed by atoms with E-state index in [-0.39, 0.29) is 5.78 Å². The first kappa shape index (κ1) is 16.1. The molecule has 0 bridgehead atoms. The third-order valence-electron chi connectivity index (χ3n) is 2.86. The molecule has 0 heterocycles. The Morgan fingerprint density at radius 1 is 0.941 bits per heavy atom. The SMILES string of the molecule is CCCCCCCCCCCC(=O)C[N+](=O)[O-]. The number of ketones is 1. The average Bonchev–Trinajstić information content (AvgIpc) is 2.26. The Kier molecular flexibility index (Phi) is 10.9. The number of carbonyl (C=O) groups is 1. The lowest BCUT2D eigenvalue weighted by molar-refractivity contribution is -0.467. The molecule has 0 radical (unpaired) electrons. The molecule has 0 fully saturated rings. The minimum atomic E-state index is -0.546. The Morgan fingerprint density at radius 3 is 1.88 bits per heavy atom. The second-order valence-corrected chi connectivity index (χ2v) is 4.61. The highest BCUT2D eigenvalue weighted by Crippen LogP contribution is 2.10. The van der Waals surface area contributed by atoms with Crippen molar-refractivity contribution in [2.45, 2.75) is 71.1 Å². The zero-order chi connectivity index (χ0) is 12.9. The number of hydrogen-bond donors (Lipinski definition) is 0. The molecule has 0 rings (SSSR count). The lowest BCUT2D eigenvalue weighted by Crippen LogP contribution is -2.12. The maximum Gasteiger partial charge on any atom is 0.261 e. The largest absolute Gasteiger partial charge is 0.292 e. The fourth-order valence-corrected chi connectivity index (χ4v) is 1.86. The van der Waals surface area contributed by atoms with Crippen LogP contribution in [0.4, 0.5) is 0 Å². The van der Waals surface area contributed by atoms with Gasteiger partial charge in [-0.25, -0.2) is 0 Å². The average molecular weight is 243 g/mol. The van der Waals surface area contributed by atoms with Crippen molar-refractivity contribution in [1.29, 1.82) is 0 Å². The fourth-order valence-electron chi connectivity index (χ4n) is 1.86. The molecule has 0 aliphatic rings. The summed E-state index contributed by atoms with van der Waals surface area (Å²) in [6, 6.07) is 0. The van der Waals surface area contributed by atoms with Crippen LogP contribution in [0.25, 0.3) is 0 Å². The van der Waals surface area contributed by atoms with Gasteiger partial charge in [-0.2, -0.15) is 0 Å². The predicted molar refractivity (Wildman–Crippen MR) is 68.7 cm³/mol. The first-order valence-corrected chi connectivity index (χ1v) is 6.80. The van der Waals surface area contributed by atoms with Crippen molar-refractivity contribution in [3.05, 3.63) is 10.1 Å². The van der Waals surface area contributed by atoms with Crippen LogP contribution in [-0.4, -0.2) is 17.3 Å². The molecule has 0 aliphatic carbocycles. The van der Waals surface area contributed by atoms with Gasteiger partial charge < -0.3 is 0 Å². The molecule has 0 saturated carbocycles. The first-order valence-electron chi connectivity index (χ1n) is 6.80. The van der Waals surface area contributed by atoms with Crippen molar-refractivity contribution in [1.82, 2.24) is 0 Å². The summed E-state index contributed by atoms with van der Waals surface area (Å²) in [5.41, 5.74) is 0. The van der Waals surface area contributed by atoms with Crippen molar-refractivity contribution in [3.8, 4) is 0 Å². The Hall–Kier alpha value is -0.930. The van der Waals surface area contributed by atoms with E-state index >= 15 is 0 Å². The standard InChI is InChI=1S/C13H25NO3/c1-2-3-4-5-6-7-8-9-10-11-13(15)12-14(16)17/h2-12H2,1H3. The van der Waals surface area contributed by atoms with Crippen LogP contribution < -0.4 is 0 Å². The van der Waals surface area contributed by atoms with Crippen LogP contribution in [0.3, 0.4) is 0 Å². The third-order valence-corrected chi connectivity index (χ3v) is 2.86. The van der Waals surface area contributed by atoms with E-state index in [2.05, 4.69) is 6.92 Å². The minimum absolute atomic E-state index is 0.238. The van der Waals surface area contributed by atoms with E-state index in [4.69, 9.17) is 0 Å². The normalized spacial score (nSPS) is 10.4. The molecule has 0 spiro atoms. The van der Waals surface area contributed by atoms with Gasteiger partial charge in [0.05, 0.1) is 0 Å². The smallest absolute Gasteiger partial charge is 0.261 e. The van der Waals surface area contributed by atoms with Crippen LogP contribution in [-0.2, 0) is 4.79 Å². The molecule has 17 heavy (non-hydrogen) atoms. The van der Waals surface area contributed by atoms with Gasteiger partial charge in [0.25, 0.3) is 6.54 Å². The Balaban J connectivity index is 3.13. The molecule has 4 heteroatoms. The molecule has 0 N–H and O–H groups in total. The summed E-state index contributed by atoms with van der Waals surface area (Å²) in [5, 5.41) is 10.1.